The smallest absolute Gasteiger partial charge is 0.261 e. The van der Waals surface area contributed by atoms with E-state index in [2.05, 4.69) is 25.4 Å². The quantitative estimate of drug-likeness (QED) is 0.781. The van der Waals surface area contributed by atoms with Crippen LogP contribution in [0.3, 0.4) is 0 Å². The maximum Gasteiger partial charge on any atom is 0.261 e. The van der Waals surface area contributed by atoms with Crippen LogP contribution in [0, 0.1) is 0 Å². The number of anilines is 1. The fourth-order valence-electron chi connectivity index (χ4n) is 2.73. The maximum absolute atomic E-state index is 12.2. The largest absolute Gasteiger partial charge is 0.351 e. The van der Waals surface area contributed by atoms with E-state index in [1.807, 2.05) is 10.6 Å². The number of hydrogen-bond acceptors (Lipinski definition) is 6. The van der Waals surface area contributed by atoms with Gasteiger partial charge < -0.3 is 10.2 Å². The average Bonchev–Trinajstić information content (AvgIpc) is 3.26. The fraction of sp³-hybridized carbons (Fsp3) is 0.286. The first-order valence-corrected chi connectivity index (χ1v) is 8.35. The zero-order valence-electron chi connectivity index (χ0n) is 12.0. The summed E-state index contributed by atoms with van der Waals surface area (Å²) in [5, 5.41) is 11.1. The van der Waals surface area contributed by atoms with E-state index in [4.69, 9.17) is 11.6 Å². The summed E-state index contributed by atoms with van der Waals surface area (Å²) >= 11 is 7.16. The molecular weight excluding hydrogens is 336 g/mol. The van der Waals surface area contributed by atoms with Gasteiger partial charge >= 0.3 is 0 Å². The second-order valence-corrected chi connectivity index (χ2v) is 7.04. The number of nitrogens with one attached hydrogen (secondary N) is 1. The van der Waals surface area contributed by atoms with Gasteiger partial charge in [0.25, 0.3) is 5.91 Å². The highest BCUT2D eigenvalue weighted by molar-refractivity contribution is 7.18. The van der Waals surface area contributed by atoms with Crippen molar-refractivity contribution in [1.29, 1.82) is 0 Å². The molecule has 0 unspecified atom stereocenters. The lowest BCUT2D eigenvalue weighted by molar-refractivity contribution is 0.0944. The molecule has 0 bridgehead atoms. The Balaban J connectivity index is 1.47. The van der Waals surface area contributed by atoms with Gasteiger partial charge in [-0.3, -0.25) is 9.20 Å². The Kier molecular flexibility index (Phi) is 3.62. The van der Waals surface area contributed by atoms with Crippen LogP contribution < -0.4 is 10.2 Å². The van der Waals surface area contributed by atoms with Gasteiger partial charge in [-0.25, -0.2) is 4.98 Å². The van der Waals surface area contributed by atoms with E-state index in [9.17, 15) is 4.79 Å². The third-order valence-electron chi connectivity index (χ3n) is 3.82. The van der Waals surface area contributed by atoms with Gasteiger partial charge in [0, 0.05) is 31.5 Å². The normalized spacial score (nSPS) is 17.8. The van der Waals surface area contributed by atoms with E-state index in [-0.39, 0.29) is 11.9 Å². The Bertz CT molecular complexity index is 862. The fourth-order valence-corrected chi connectivity index (χ4v) is 3.68. The zero-order chi connectivity index (χ0) is 15.8. The van der Waals surface area contributed by atoms with Crippen LogP contribution in [0.25, 0.3) is 5.65 Å². The summed E-state index contributed by atoms with van der Waals surface area (Å²) in [6, 6.07) is 3.55. The molecule has 1 fully saturated rings. The third kappa shape index (κ3) is 2.75. The van der Waals surface area contributed by atoms with Crippen molar-refractivity contribution in [3.05, 3.63) is 40.1 Å². The lowest BCUT2D eigenvalue weighted by atomic mass is 10.2. The van der Waals surface area contributed by atoms with Crippen molar-refractivity contribution < 1.29 is 4.79 Å². The molecule has 4 rings (SSSR count). The summed E-state index contributed by atoms with van der Waals surface area (Å²) in [6.07, 6.45) is 6.05. The molecule has 9 heteroatoms. The number of thiophene rings is 1. The number of rotatable bonds is 3. The van der Waals surface area contributed by atoms with Crippen molar-refractivity contribution in [2.75, 3.05) is 18.0 Å². The van der Waals surface area contributed by atoms with Crippen molar-refractivity contribution in [3.63, 3.8) is 0 Å². The van der Waals surface area contributed by atoms with Crippen molar-refractivity contribution in [2.45, 2.75) is 12.5 Å². The Hall–Kier alpha value is -2.19. The summed E-state index contributed by atoms with van der Waals surface area (Å²) in [6.45, 7) is 1.51. The summed E-state index contributed by atoms with van der Waals surface area (Å²) in [5.74, 6) is 0.711. The average molecular weight is 349 g/mol. The predicted octanol–water partition coefficient (Wildman–Crippen LogP) is 1.85. The minimum Gasteiger partial charge on any atom is -0.351 e. The zero-order valence-corrected chi connectivity index (χ0v) is 13.6. The minimum atomic E-state index is -0.0811. The van der Waals surface area contributed by atoms with Gasteiger partial charge in [-0.2, -0.15) is 0 Å². The van der Waals surface area contributed by atoms with Crippen LogP contribution in [0.1, 0.15) is 16.1 Å². The Labute approximate surface area is 140 Å². The number of fused-ring (bicyclic) bond motifs is 1. The number of carbonyl (C=O) groups excluding carboxylic acids is 1. The Morgan fingerprint density at radius 1 is 1.43 bits per heavy atom. The Morgan fingerprint density at radius 3 is 3.17 bits per heavy atom. The van der Waals surface area contributed by atoms with Crippen LogP contribution in [0.2, 0.25) is 4.34 Å². The molecule has 1 saturated heterocycles. The van der Waals surface area contributed by atoms with E-state index in [1.165, 1.54) is 11.3 Å². The number of hydrogen-bond donors (Lipinski definition) is 1. The van der Waals surface area contributed by atoms with E-state index in [1.54, 1.807) is 24.7 Å². The molecule has 1 atom stereocenters. The molecule has 4 heterocycles. The second kappa shape index (κ2) is 5.78. The van der Waals surface area contributed by atoms with E-state index >= 15 is 0 Å². The molecule has 3 aromatic heterocycles. The molecule has 0 aliphatic carbocycles. The van der Waals surface area contributed by atoms with Gasteiger partial charge in [0.05, 0.1) is 9.21 Å². The van der Waals surface area contributed by atoms with Crippen LogP contribution in [0.4, 0.5) is 5.82 Å². The number of halogens is 1. The lowest BCUT2D eigenvalue weighted by Gasteiger charge is -2.17. The van der Waals surface area contributed by atoms with Gasteiger partial charge in [0.15, 0.2) is 5.82 Å². The first kappa shape index (κ1) is 14.4. The monoisotopic (exact) mass is 348 g/mol. The second-order valence-electron chi connectivity index (χ2n) is 5.32. The summed E-state index contributed by atoms with van der Waals surface area (Å²) < 4.78 is 2.45. The molecule has 1 amide bonds. The number of nitrogens with zero attached hydrogens (tertiary/aromatic N) is 5. The molecule has 0 aromatic carbocycles. The highest BCUT2D eigenvalue weighted by atomic mass is 35.5. The molecule has 118 valence electrons. The molecule has 7 nitrogen and oxygen atoms in total. The maximum atomic E-state index is 12.2. The lowest BCUT2D eigenvalue weighted by Crippen LogP contribution is -2.37. The van der Waals surface area contributed by atoms with Crippen LogP contribution >= 0.6 is 22.9 Å². The molecule has 3 aromatic rings. The van der Waals surface area contributed by atoms with E-state index < -0.39 is 0 Å². The van der Waals surface area contributed by atoms with Crippen molar-refractivity contribution in [1.82, 2.24) is 24.9 Å². The third-order valence-corrected chi connectivity index (χ3v) is 5.05. The van der Waals surface area contributed by atoms with E-state index in [0.29, 0.717) is 15.8 Å². The molecule has 0 spiro atoms. The van der Waals surface area contributed by atoms with Gasteiger partial charge in [-0.1, -0.05) is 11.6 Å². The van der Waals surface area contributed by atoms with Crippen molar-refractivity contribution in [3.8, 4) is 0 Å². The van der Waals surface area contributed by atoms with Gasteiger partial charge in [-0.05, 0) is 18.6 Å². The van der Waals surface area contributed by atoms with Crippen molar-refractivity contribution >= 4 is 40.3 Å². The number of aromatic nitrogens is 4. The molecule has 0 saturated carbocycles. The first-order valence-electron chi connectivity index (χ1n) is 7.16. The van der Waals surface area contributed by atoms with Crippen LogP contribution in [-0.2, 0) is 0 Å². The minimum absolute atomic E-state index is 0.0772. The summed E-state index contributed by atoms with van der Waals surface area (Å²) in [4.78, 5) is 19.4. The topological polar surface area (TPSA) is 75.4 Å². The molecular formula is C14H13ClN6OS. The van der Waals surface area contributed by atoms with Gasteiger partial charge in [0.2, 0.25) is 5.65 Å². The summed E-state index contributed by atoms with van der Waals surface area (Å²) in [5.41, 5.74) is 0.726. The number of amides is 1. The predicted molar refractivity (Wildman–Crippen MR) is 88.2 cm³/mol. The SMILES string of the molecule is O=C(N[C@H]1CCN(c2nccn3cnnc23)C1)c1ccc(Cl)s1. The highest BCUT2D eigenvalue weighted by Crippen LogP contribution is 2.23. The van der Waals surface area contributed by atoms with Crippen LogP contribution in [0.5, 0.6) is 0 Å². The van der Waals surface area contributed by atoms with Crippen molar-refractivity contribution in [2.24, 2.45) is 0 Å². The number of carbonyl (C=O) groups is 1. The van der Waals surface area contributed by atoms with Gasteiger partial charge in [0.1, 0.15) is 6.33 Å². The van der Waals surface area contributed by atoms with Crippen LogP contribution in [0.15, 0.2) is 30.9 Å². The van der Waals surface area contributed by atoms with Crippen LogP contribution in [-0.4, -0.2) is 44.6 Å². The van der Waals surface area contributed by atoms with E-state index in [0.717, 1.165) is 24.4 Å². The Morgan fingerprint density at radius 2 is 2.35 bits per heavy atom. The first-order chi connectivity index (χ1) is 11.2. The molecule has 1 N–H and O–H groups in total. The summed E-state index contributed by atoms with van der Waals surface area (Å²) in [7, 11) is 0. The standard InChI is InChI=1S/C14H13ClN6OS/c15-11-2-1-10(23-11)14(22)18-9-3-5-20(7-9)12-13-19-17-8-21(13)6-4-16-12/h1-2,4,6,8-9H,3,5,7H2,(H,18,22)/t9-/m0/s1. The highest BCUT2D eigenvalue weighted by Gasteiger charge is 2.27. The molecule has 1 aliphatic heterocycles. The molecule has 1 aliphatic rings. The van der Waals surface area contributed by atoms with Gasteiger partial charge in [-0.15, -0.1) is 21.5 Å². The molecule has 0 radical (unpaired) electrons. The molecule has 23 heavy (non-hydrogen) atoms.